The quantitative estimate of drug-likeness (QED) is 0.229. The van der Waals surface area contributed by atoms with Crippen LogP contribution in [-0.2, 0) is 14.2 Å². The van der Waals surface area contributed by atoms with Crippen molar-refractivity contribution >= 4 is 62.9 Å². The summed E-state index contributed by atoms with van der Waals surface area (Å²) in [5.74, 6) is 7.86. The zero-order chi connectivity index (χ0) is 91.3. The van der Waals surface area contributed by atoms with E-state index in [2.05, 4.69) is 400 Å². The Bertz CT molecular complexity index is 3800. The average molecular weight is 1620 g/mol. The third-order valence-corrected chi connectivity index (χ3v) is 33.2. The summed E-state index contributed by atoms with van der Waals surface area (Å²) in [6.07, 6.45) is 0. The molecule has 18 heteroatoms. The molecule has 0 amide bonds. The van der Waals surface area contributed by atoms with E-state index in [4.69, 9.17) is 14.2 Å². The highest BCUT2D eigenvalue weighted by molar-refractivity contribution is 8.17. The summed E-state index contributed by atoms with van der Waals surface area (Å²) >= 11 is 3.55. The molecule has 2 fully saturated rings. The lowest BCUT2D eigenvalue weighted by Crippen LogP contribution is -2.60. The van der Waals surface area contributed by atoms with Gasteiger partial charge in [-0.15, -0.1) is 11.8 Å². The fraction of sp³-hybridized carbons (Fsp3) is 0.698. The summed E-state index contributed by atoms with van der Waals surface area (Å²) in [6.45, 7) is 136. The molecule has 0 radical (unpaired) electrons. The number of ether oxygens (including phenoxy) is 3. The average Bonchev–Trinajstić information content (AvgIpc) is 0.739. The first-order valence-electron chi connectivity index (χ1n) is 40.4. The third-order valence-electron chi connectivity index (χ3n) is 30.7. The number of allylic oxidation sites excluding steroid dienone is 1. The molecule has 0 aromatic rings. The molecule has 9 aliphatic heterocycles. The normalized spacial score (nSPS) is 26.0. The van der Waals surface area contributed by atoms with Gasteiger partial charge in [0.15, 0.2) is 17.7 Å². The SMILES string of the molecule is C=C1N(C)C(=C)C(C)(C)C(C)(C)N1C.C=C1N(C)C(C)=NC(C)(C)C1(C)C.C=C1N(C)C(C)=NC(C)(C)C1(C)C.C=C1N=C(C)N(C)C(C)(C)C1(C)C.C=C1N=C(C)OC(C)(C)C1(C)C.C=C1N=C(C)SC(C)(C)C1(C)C.C=C1OC(=C)C(C)(C)C(C)(C)N1C.C=C1OC(C)=NC(C)(C)C1(C)C.C=C1SC(C)=NC(C)(C)C1(C)C. The molecule has 16 nitrogen and oxygen atoms in total. The number of nitrogens with zero attached hydrogens (tertiary/aromatic N) is 13. The first-order valence-corrected chi connectivity index (χ1v) is 42.1. The molecule has 9 heterocycles. The molecule has 0 saturated carbocycles. The molecule has 0 aliphatic carbocycles. The van der Waals surface area contributed by atoms with Gasteiger partial charge in [-0.3, -0.25) is 20.0 Å². The van der Waals surface area contributed by atoms with Crippen molar-refractivity contribution in [2.45, 2.75) is 347 Å². The van der Waals surface area contributed by atoms with Crippen molar-refractivity contribution in [2.75, 3.05) is 42.3 Å². The van der Waals surface area contributed by atoms with Gasteiger partial charge in [-0.25, -0.2) is 15.0 Å². The Balaban J connectivity index is 0.000000642. The Morgan fingerprint density at radius 2 is 0.649 bits per heavy atom. The van der Waals surface area contributed by atoms with Crippen LogP contribution in [0.2, 0.25) is 0 Å². The minimum atomic E-state index is -0.212. The lowest BCUT2D eigenvalue weighted by atomic mass is 9.69. The van der Waals surface area contributed by atoms with Crippen LogP contribution in [0.25, 0.3) is 0 Å². The first kappa shape index (κ1) is 106. The molecule has 9 aliphatic rings. The molecular weight excluding hydrogens is 1450 g/mol. The van der Waals surface area contributed by atoms with Crippen molar-refractivity contribution in [1.29, 1.82) is 0 Å². The van der Waals surface area contributed by atoms with Gasteiger partial charge in [0, 0.05) is 160 Å². The highest BCUT2D eigenvalue weighted by Crippen LogP contribution is 2.54. The van der Waals surface area contributed by atoms with Gasteiger partial charge in [-0.2, -0.15) is 0 Å². The van der Waals surface area contributed by atoms with Crippen molar-refractivity contribution in [3.63, 3.8) is 0 Å². The monoisotopic (exact) mass is 1620 g/mol. The Morgan fingerprint density at radius 3 is 1.04 bits per heavy atom. The zero-order valence-electron chi connectivity index (χ0n) is 82.6. The maximum atomic E-state index is 5.65. The summed E-state index contributed by atoms with van der Waals surface area (Å²) < 4.78 is 16.7. The van der Waals surface area contributed by atoms with E-state index in [1.54, 1.807) is 11.8 Å². The van der Waals surface area contributed by atoms with Crippen molar-refractivity contribution in [1.82, 2.24) is 29.4 Å². The van der Waals surface area contributed by atoms with Gasteiger partial charge in [-0.1, -0.05) is 202 Å². The van der Waals surface area contributed by atoms with Gasteiger partial charge in [-0.05, 0) is 171 Å². The highest BCUT2D eigenvalue weighted by Gasteiger charge is 2.53. The van der Waals surface area contributed by atoms with Gasteiger partial charge >= 0.3 is 0 Å². The molecular formula is C96H169N13O3S2. The summed E-state index contributed by atoms with van der Waals surface area (Å²) in [4.78, 5) is 45.5. The Labute approximate surface area is 709 Å². The van der Waals surface area contributed by atoms with E-state index in [1.807, 2.05) is 88.4 Å². The Kier molecular flexibility index (Phi) is 32.1. The molecule has 0 bridgehead atoms. The molecule has 0 aromatic carbocycles. The van der Waals surface area contributed by atoms with Gasteiger partial charge in [0.2, 0.25) is 0 Å². The summed E-state index contributed by atoms with van der Waals surface area (Å²) in [5.41, 5.74) is 6.04. The van der Waals surface area contributed by atoms with E-state index in [-0.39, 0.29) is 97.9 Å². The molecule has 0 atom stereocenters. The van der Waals surface area contributed by atoms with Gasteiger partial charge in [0.05, 0.1) is 32.2 Å². The Hall–Kier alpha value is -6.27. The largest absolute Gasteiger partial charge is 0.474 e. The summed E-state index contributed by atoms with van der Waals surface area (Å²) in [7, 11) is 12.3. The van der Waals surface area contributed by atoms with E-state index in [0.717, 1.165) is 79.1 Å². The fourth-order valence-corrected chi connectivity index (χ4v) is 15.3. The molecule has 2 saturated heterocycles. The molecule has 648 valence electrons. The second-order valence-corrected chi connectivity index (χ2v) is 44.8. The summed E-state index contributed by atoms with van der Waals surface area (Å²) in [5, 5.41) is 2.26. The van der Waals surface area contributed by atoms with E-state index in [1.165, 1.54) is 4.91 Å². The van der Waals surface area contributed by atoms with Crippen molar-refractivity contribution < 1.29 is 14.2 Å². The van der Waals surface area contributed by atoms with Crippen LogP contribution >= 0.6 is 23.5 Å². The second-order valence-electron chi connectivity index (χ2n) is 41.7. The lowest BCUT2D eigenvalue weighted by Gasteiger charge is -2.58. The van der Waals surface area contributed by atoms with Crippen LogP contribution in [-0.4, -0.2) is 160 Å². The van der Waals surface area contributed by atoms with Crippen LogP contribution in [0.1, 0.15) is 298 Å². The van der Waals surface area contributed by atoms with Crippen molar-refractivity contribution in [3.05, 3.63) is 135 Å². The number of aliphatic imine (C=N–C) groups is 7. The van der Waals surface area contributed by atoms with E-state index in [0.29, 0.717) is 17.7 Å². The Morgan fingerprint density at radius 1 is 0.298 bits per heavy atom. The van der Waals surface area contributed by atoms with Crippen LogP contribution in [0.5, 0.6) is 0 Å². The molecule has 0 aromatic heterocycles. The lowest BCUT2D eigenvalue weighted by molar-refractivity contribution is -0.0460. The number of amidine groups is 3. The predicted octanol–water partition coefficient (Wildman–Crippen LogP) is 25.8. The number of hydrogen-bond donors (Lipinski definition) is 0. The van der Waals surface area contributed by atoms with Crippen LogP contribution in [0.15, 0.2) is 170 Å². The topological polar surface area (TPSA) is 134 Å². The zero-order valence-corrected chi connectivity index (χ0v) is 84.3. The number of hydrogen-bond acceptors (Lipinski definition) is 18. The number of rotatable bonds is 0. The van der Waals surface area contributed by atoms with E-state index < -0.39 is 0 Å². The third kappa shape index (κ3) is 20.7. The molecule has 0 unspecified atom stereocenters. The highest BCUT2D eigenvalue weighted by atomic mass is 32.2. The van der Waals surface area contributed by atoms with E-state index >= 15 is 0 Å². The van der Waals surface area contributed by atoms with Gasteiger partial charge in [0.25, 0.3) is 0 Å². The molecule has 9 rings (SSSR count). The van der Waals surface area contributed by atoms with Crippen LogP contribution in [0, 0.1) is 48.7 Å². The van der Waals surface area contributed by atoms with Gasteiger partial charge in [0.1, 0.15) is 40.4 Å². The first-order chi connectivity index (χ1) is 50.0. The van der Waals surface area contributed by atoms with Crippen LogP contribution in [0.3, 0.4) is 0 Å². The fourth-order valence-electron chi connectivity index (χ4n) is 12.9. The van der Waals surface area contributed by atoms with Crippen LogP contribution < -0.4 is 0 Å². The predicted molar refractivity (Wildman–Crippen MR) is 508 cm³/mol. The van der Waals surface area contributed by atoms with E-state index in [9.17, 15) is 0 Å². The minimum absolute atomic E-state index is 0.0145. The number of thioether (sulfide) groups is 2. The maximum Gasteiger partial charge on any atom is 0.188 e. The standard InChI is InChI=1S/C12H22N2.3C11H20N2.C11H19NO.2C10H17NO.2C10H17NS/c1-9-11(3,4)12(5,6)14(8)10(2)13(9)7;2*1-8-10(3,4)11(5,6)12-9(2)13(8)7;1-8-10(3,4)11(5,6)13(7)9(2)12-8;1-8-10(3,4)11(5,6)12(7)9(2)13-8;1-7-9(3,4)10(5,6)11-8(2)12-7;1-7-9(3,4)10(5,6)12-8(2)11-7;1-7-9(3,4)10(5,6)11-8(2)12-7;1-7-9(3,4)10(5,6)12-8(2)11-7/h1-2H2,3-8H3;3*1H2,2-7H3;1-2H2,3-7H3;4*1H2,2-6H3. The van der Waals surface area contributed by atoms with Crippen LogP contribution in [0.4, 0.5) is 0 Å². The molecule has 0 spiro atoms. The summed E-state index contributed by atoms with van der Waals surface area (Å²) in [6, 6.07) is 0. The molecule has 0 N–H and O–H groups in total. The second kappa shape index (κ2) is 34.6. The van der Waals surface area contributed by atoms with Crippen molar-refractivity contribution in [3.8, 4) is 0 Å². The van der Waals surface area contributed by atoms with Gasteiger partial charge < -0.3 is 43.6 Å². The minimum Gasteiger partial charge on any atom is -0.474 e. The van der Waals surface area contributed by atoms with Crippen molar-refractivity contribution in [2.24, 2.45) is 83.7 Å². The maximum absolute atomic E-state index is 5.65. The molecule has 114 heavy (non-hydrogen) atoms. The smallest absolute Gasteiger partial charge is 0.188 e.